The molecular weight excluding hydrogens is 348 g/mol. The molecule has 0 radical (unpaired) electrons. The van der Waals surface area contributed by atoms with Gasteiger partial charge in [0.25, 0.3) is 0 Å². The van der Waals surface area contributed by atoms with Crippen LogP contribution in [-0.2, 0) is 22.7 Å². The van der Waals surface area contributed by atoms with Crippen molar-refractivity contribution in [2.75, 3.05) is 13.2 Å². The standard InChI is InChI=1S/C12H17NO.C12H15NO/c2*1-11(13)6-5-9-14-10-12-7-3-2-4-8-12/h2-8,11H,9-10,13H2,1H3;2-4,7-8,11H,9-10,13H2,1H3/b6-5-;/t2*11-/m11/s1. The highest BCUT2D eigenvalue weighted by atomic mass is 16.5. The van der Waals surface area contributed by atoms with Gasteiger partial charge in [0, 0.05) is 6.04 Å². The van der Waals surface area contributed by atoms with Gasteiger partial charge in [0.2, 0.25) is 0 Å². The van der Waals surface area contributed by atoms with Crippen molar-refractivity contribution < 1.29 is 9.47 Å². The maximum absolute atomic E-state index is 5.54. The summed E-state index contributed by atoms with van der Waals surface area (Å²) in [5.74, 6) is 5.69. The predicted octanol–water partition coefficient (Wildman–Crippen LogP) is 3.66. The monoisotopic (exact) mass is 380 g/mol. The van der Waals surface area contributed by atoms with Crippen LogP contribution in [0.3, 0.4) is 0 Å². The van der Waals surface area contributed by atoms with Crippen LogP contribution in [0.1, 0.15) is 25.0 Å². The molecule has 2 rings (SSSR count). The number of rotatable bonds is 8. The quantitative estimate of drug-likeness (QED) is 0.416. The van der Waals surface area contributed by atoms with Crippen LogP contribution in [0.4, 0.5) is 0 Å². The zero-order valence-corrected chi connectivity index (χ0v) is 16.9. The smallest absolute Gasteiger partial charge is 0.108 e. The van der Waals surface area contributed by atoms with Gasteiger partial charge in [-0.15, -0.1) is 0 Å². The van der Waals surface area contributed by atoms with E-state index in [9.17, 15) is 0 Å². The van der Waals surface area contributed by atoms with E-state index in [1.807, 2.05) is 74.5 Å². The zero-order valence-electron chi connectivity index (χ0n) is 16.9. The first-order chi connectivity index (χ1) is 13.6. The molecule has 2 aromatic carbocycles. The third-order valence-electron chi connectivity index (χ3n) is 3.38. The van der Waals surface area contributed by atoms with Crippen LogP contribution >= 0.6 is 0 Å². The summed E-state index contributed by atoms with van der Waals surface area (Å²) >= 11 is 0. The average Bonchev–Trinajstić information content (AvgIpc) is 2.69. The van der Waals surface area contributed by atoms with Gasteiger partial charge in [-0.2, -0.15) is 0 Å². The van der Waals surface area contributed by atoms with Gasteiger partial charge in [-0.3, -0.25) is 0 Å². The molecule has 0 aliphatic heterocycles. The highest BCUT2D eigenvalue weighted by molar-refractivity contribution is 5.14. The van der Waals surface area contributed by atoms with E-state index >= 15 is 0 Å². The molecule has 150 valence electrons. The SMILES string of the molecule is C[C@@H](N)/C=C\COCc1ccccc1.C[C@@H](N)C#CCOCc1ccccc1. The molecule has 0 heterocycles. The van der Waals surface area contributed by atoms with E-state index in [1.54, 1.807) is 0 Å². The molecular formula is C24H32N2O2. The lowest BCUT2D eigenvalue weighted by Crippen LogP contribution is -2.11. The first kappa shape index (κ1) is 23.6. The second-order valence-corrected chi connectivity index (χ2v) is 6.38. The Bertz CT molecular complexity index is 702. The van der Waals surface area contributed by atoms with Crippen LogP contribution in [0.5, 0.6) is 0 Å². The molecule has 28 heavy (non-hydrogen) atoms. The Balaban J connectivity index is 0.000000280. The van der Waals surface area contributed by atoms with Crippen molar-refractivity contribution >= 4 is 0 Å². The summed E-state index contributed by atoms with van der Waals surface area (Å²) in [5, 5.41) is 0. The summed E-state index contributed by atoms with van der Waals surface area (Å²) in [6.07, 6.45) is 3.89. The van der Waals surface area contributed by atoms with E-state index in [0.29, 0.717) is 26.4 Å². The summed E-state index contributed by atoms with van der Waals surface area (Å²) in [7, 11) is 0. The molecule has 0 fully saturated rings. The second kappa shape index (κ2) is 15.6. The van der Waals surface area contributed by atoms with Crippen molar-refractivity contribution in [2.24, 2.45) is 11.5 Å². The van der Waals surface area contributed by atoms with Crippen LogP contribution in [0, 0.1) is 11.8 Å². The van der Waals surface area contributed by atoms with Crippen LogP contribution in [0.2, 0.25) is 0 Å². The van der Waals surface area contributed by atoms with Gasteiger partial charge < -0.3 is 20.9 Å². The van der Waals surface area contributed by atoms with Crippen molar-refractivity contribution in [2.45, 2.75) is 39.1 Å². The van der Waals surface area contributed by atoms with Crippen molar-refractivity contribution in [3.63, 3.8) is 0 Å². The number of hydrogen-bond acceptors (Lipinski definition) is 4. The predicted molar refractivity (Wildman–Crippen MR) is 116 cm³/mol. The van der Waals surface area contributed by atoms with Gasteiger partial charge in [0.1, 0.15) is 6.61 Å². The number of nitrogens with two attached hydrogens (primary N) is 2. The summed E-state index contributed by atoms with van der Waals surface area (Å²) in [6, 6.07) is 20.2. The lowest BCUT2D eigenvalue weighted by Gasteiger charge is -2.01. The fraction of sp³-hybridized carbons (Fsp3) is 0.333. The van der Waals surface area contributed by atoms with E-state index < -0.39 is 0 Å². The Morgan fingerprint density at radius 1 is 0.857 bits per heavy atom. The summed E-state index contributed by atoms with van der Waals surface area (Å²) < 4.78 is 10.8. The number of ether oxygens (including phenoxy) is 2. The Morgan fingerprint density at radius 3 is 1.89 bits per heavy atom. The van der Waals surface area contributed by atoms with Crippen LogP contribution in [0.15, 0.2) is 72.8 Å². The summed E-state index contributed by atoms with van der Waals surface area (Å²) in [6.45, 7) is 6.11. The molecule has 2 aromatic rings. The zero-order chi connectivity index (χ0) is 20.5. The van der Waals surface area contributed by atoms with E-state index in [4.69, 9.17) is 20.9 Å². The summed E-state index contributed by atoms with van der Waals surface area (Å²) in [4.78, 5) is 0. The molecule has 0 spiro atoms. The Kier molecular flexibility index (Phi) is 13.2. The molecule has 0 saturated heterocycles. The normalized spacial score (nSPS) is 12.4. The molecule has 4 nitrogen and oxygen atoms in total. The maximum atomic E-state index is 5.54. The summed E-state index contributed by atoms with van der Waals surface area (Å²) in [5.41, 5.74) is 13.4. The van der Waals surface area contributed by atoms with Gasteiger partial charge in [0.05, 0.1) is 25.9 Å². The molecule has 0 aromatic heterocycles. The van der Waals surface area contributed by atoms with E-state index in [0.717, 1.165) is 5.56 Å². The highest BCUT2D eigenvalue weighted by Crippen LogP contribution is 2.00. The minimum atomic E-state index is -0.0738. The van der Waals surface area contributed by atoms with Gasteiger partial charge in [-0.05, 0) is 25.0 Å². The largest absolute Gasteiger partial charge is 0.373 e. The van der Waals surface area contributed by atoms with Gasteiger partial charge in [0.15, 0.2) is 0 Å². The molecule has 0 bridgehead atoms. The molecule has 0 unspecified atom stereocenters. The van der Waals surface area contributed by atoms with Crippen molar-refractivity contribution in [3.8, 4) is 11.8 Å². The number of benzene rings is 2. The maximum Gasteiger partial charge on any atom is 0.108 e. The lowest BCUT2D eigenvalue weighted by atomic mass is 10.2. The van der Waals surface area contributed by atoms with Crippen molar-refractivity contribution in [1.29, 1.82) is 0 Å². The Hall–Kier alpha value is -2.42. The first-order valence-electron chi connectivity index (χ1n) is 9.47. The fourth-order valence-electron chi connectivity index (χ4n) is 2.09. The van der Waals surface area contributed by atoms with Crippen LogP contribution < -0.4 is 11.5 Å². The van der Waals surface area contributed by atoms with Crippen molar-refractivity contribution in [1.82, 2.24) is 0 Å². The average molecular weight is 381 g/mol. The van der Waals surface area contributed by atoms with Gasteiger partial charge >= 0.3 is 0 Å². The Labute approximate surface area is 169 Å². The second-order valence-electron chi connectivity index (χ2n) is 6.38. The van der Waals surface area contributed by atoms with Crippen molar-refractivity contribution in [3.05, 3.63) is 83.9 Å². The topological polar surface area (TPSA) is 70.5 Å². The Morgan fingerprint density at radius 2 is 1.39 bits per heavy atom. The molecule has 4 N–H and O–H groups in total. The third-order valence-corrected chi connectivity index (χ3v) is 3.38. The van der Waals surface area contributed by atoms with Gasteiger partial charge in [-0.1, -0.05) is 84.7 Å². The van der Waals surface area contributed by atoms with Crippen LogP contribution in [0.25, 0.3) is 0 Å². The molecule has 2 atom stereocenters. The molecule has 0 amide bonds. The fourth-order valence-corrected chi connectivity index (χ4v) is 2.09. The highest BCUT2D eigenvalue weighted by Gasteiger charge is 1.90. The molecule has 0 aliphatic rings. The van der Waals surface area contributed by atoms with E-state index in [-0.39, 0.29) is 12.1 Å². The molecule has 4 heteroatoms. The van der Waals surface area contributed by atoms with Crippen LogP contribution in [-0.4, -0.2) is 25.3 Å². The third kappa shape index (κ3) is 13.7. The minimum absolute atomic E-state index is 0.0738. The van der Waals surface area contributed by atoms with E-state index in [1.165, 1.54) is 5.56 Å². The lowest BCUT2D eigenvalue weighted by molar-refractivity contribution is 0.148. The first-order valence-corrected chi connectivity index (χ1v) is 9.47. The minimum Gasteiger partial charge on any atom is -0.373 e. The van der Waals surface area contributed by atoms with E-state index in [2.05, 4.69) is 24.0 Å². The van der Waals surface area contributed by atoms with Gasteiger partial charge in [-0.25, -0.2) is 0 Å². The molecule has 0 saturated carbocycles. The number of hydrogen-bond donors (Lipinski definition) is 2. The molecule has 0 aliphatic carbocycles.